The molecule has 20 heavy (non-hydrogen) atoms. The molecule has 1 amide bonds. The van der Waals surface area contributed by atoms with Gasteiger partial charge in [0.25, 0.3) is 5.91 Å². The van der Waals surface area contributed by atoms with Crippen LogP contribution in [0.15, 0.2) is 42.5 Å². The molecule has 4 nitrogen and oxygen atoms in total. The Morgan fingerprint density at radius 3 is 2.80 bits per heavy atom. The largest absolute Gasteiger partial charge is 0.482 e. The van der Waals surface area contributed by atoms with Crippen LogP contribution < -0.4 is 15.8 Å². The number of carbonyl (C=O) groups is 1. The highest BCUT2D eigenvalue weighted by Gasteiger charge is 2.07. The van der Waals surface area contributed by atoms with E-state index in [0.717, 1.165) is 5.56 Å². The Morgan fingerprint density at radius 2 is 2.05 bits per heavy atom. The van der Waals surface area contributed by atoms with Crippen molar-refractivity contribution in [2.45, 2.75) is 6.92 Å². The van der Waals surface area contributed by atoms with Crippen LogP contribution in [-0.2, 0) is 4.79 Å². The number of carbonyl (C=O) groups excluding carboxylic acids is 1. The molecular weight excluding hydrogens is 259 g/mol. The van der Waals surface area contributed by atoms with Gasteiger partial charge in [0.15, 0.2) is 6.61 Å². The van der Waals surface area contributed by atoms with Gasteiger partial charge in [-0.25, -0.2) is 4.39 Å². The van der Waals surface area contributed by atoms with Crippen molar-refractivity contribution in [2.24, 2.45) is 0 Å². The molecular formula is C15H15FN2O2. The molecule has 0 saturated carbocycles. The first-order valence-electron chi connectivity index (χ1n) is 6.09. The number of halogens is 1. The summed E-state index contributed by atoms with van der Waals surface area (Å²) in [7, 11) is 0. The molecule has 0 saturated heterocycles. The lowest BCUT2D eigenvalue weighted by Gasteiger charge is -2.10. The fourth-order valence-corrected chi connectivity index (χ4v) is 1.69. The van der Waals surface area contributed by atoms with E-state index in [1.165, 1.54) is 18.2 Å². The summed E-state index contributed by atoms with van der Waals surface area (Å²) in [6.45, 7) is 1.67. The average Bonchev–Trinajstić information content (AvgIpc) is 2.40. The lowest BCUT2D eigenvalue weighted by atomic mass is 10.2. The molecule has 104 valence electrons. The molecule has 3 N–H and O–H groups in total. The van der Waals surface area contributed by atoms with Crippen LogP contribution in [0.3, 0.4) is 0 Å². The number of anilines is 2. The zero-order chi connectivity index (χ0) is 14.5. The zero-order valence-electron chi connectivity index (χ0n) is 11.0. The summed E-state index contributed by atoms with van der Waals surface area (Å²) in [5.74, 6) is -0.331. The molecule has 0 radical (unpaired) electrons. The number of nitrogen functional groups attached to an aromatic ring is 1. The maximum Gasteiger partial charge on any atom is 0.262 e. The van der Waals surface area contributed by atoms with Gasteiger partial charge in [0, 0.05) is 5.69 Å². The monoisotopic (exact) mass is 274 g/mol. The third-order valence-electron chi connectivity index (χ3n) is 2.75. The van der Waals surface area contributed by atoms with Gasteiger partial charge >= 0.3 is 0 Å². The maximum atomic E-state index is 13.0. The Kier molecular flexibility index (Phi) is 4.20. The molecule has 0 heterocycles. The van der Waals surface area contributed by atoms with Crippen LogP contribution in [-0.4, -0.2) is 12.5 Å². The summed E-state index contributed by atoms with van der Waals surface area (Å²) in [5, 5.41) is 2.54. The van der Waals surface area contributed by atoms with E-state index in [0.29, 0.717) is 17.1 Å². The quantitative estimate of drug-likeness (QED) is 0.842. The molecule has 0 aliphatic rings. The van der Waals surface area contributed by atoms with Crippen molar-refractivity contribution in [3.8, 4) is 5.75 Å². The maximum absolute atomic E-state index is 13.0. The molecule has 0 aliphatic carbocycles. The van der Waals surface area contributed by atoms with Crippen molar-refractivity contribution < 1.29 is 13.9 Å². The second-order valence-corrected chi connectivity index (χ2v) is 4.33. The predicted octanol–water partition coefficient (Wildman–Crippen LogP) is 2.73. The van der Waals surface area contributed by atoms with E-state index in [-0.39, 0.29) is 12.5 Å². The van der Waals surface area contributed by atoms with Gasteiger partial charge in [0.2, 0.25) is 0 Å². The highest BCUT2D eigenvalue weighted by atomic mass is 19.1. The third-order valence-corrected chi connectivity index (χ3v) is 2.75. The Bertz CT molecular complexity index is 629. The van der Waals surface area contributed by atoms with E-state index in [1.807, 2.05) is 13.0 Å². The van der Waals surface area contributed by atoms with Crippen LogP contribution in [0.1, 0.15) is 5.56 Å². The first kappa shape index (κ1) is 13.9. The second kappa shape index (κ2) is 6.06. The number of hydrogen-bond acceptors (Lipinski definition) is 3. The molecule has 5 heteroatoms. The average molecular weight is 274 g/mol. The van der Waals surface area contributed by atoms with E-state index >= 15 is 0 Å². The number of para-hydroxylation sites is 1. The van der Waals surface area contributed by atoms with Gasteiger partial charge in [-0.05, 0) is 36.8 Å². The number of benzene rings is 2. The minimum Gasteiger partial charge on any atom is -0.482 e. The number of hydrogen-bond donors (Lipinski definition) is 2. The Labute approximate surface area is 116 Å². The Hall–Kier alpha value is -2.56. The SMILES string of the molecule is Cc1cccc(OCC(=O)Nc2cccc(F)c2)c1N. The molecule has 0 fully saturated rings. The molecule has 2 rings (SSSR count). The lowest BCUT2D eigenvalue weighted by molar-refractivity contribution is -0.118. The Balaban J connectivity index is 1.94. The highest BCUT2D eigenvalue weighted by Crippen LogP contribution is 2.24. The van der Waals surface area contributed by atoms with Gasteiger partial charge in [-0.1, -0.05) is 18.2 Å². The van der Waals surface area contributed by atoms with Gasteiger partial charge in [0.05, 0.1) is 5.69 Å². The van der Waals surface area contributed by atoms with Crippen LogP contribution in [0.2, 0.25) is 0 Å². The van der Waals surface area contributed by atoms with Gasteiger partial charge < -0.3 is 15.8 Å². The van der Waals surface area contributed by atoms with Crippen LogP contribution in [0.4, 0.5) is 15.8 Å². The minimum atomic E-state index is -0.411. The summed E-state index contributed by atoms with van der Waals surface area (Å²) >= 11 is 0. The molecule has 2 aromatic rings. The van der Waals surface area contributed by atoms with Crippen molar-refractivity contribution in [3.05, 3.63) is 53.8 Å². The predicted molar refractivity (Wildman–Crippen MR) is 76.1 cm³/mol. The normalized spacial score (nSPS) is 10.1. The number of nitrogens with one attached hydrogen (secondary N) is 1. The molecule has 0 aliphatic heterocycles. The summed E-state index contributed by atoms with van der Waals surface area (Å²) in [4.78, 5) is 11.7. The fourth-order valence-electron chi connectivity index (χ4n) is 1.69. The van der Waals surface area contributed by atoms with E-state index in [2.05, 4.69) is 5.32 Å². The van der Waals surface area contributed by atoms with Gasteiger partial charge in [-0.2, -0.15) is 0 Å². The summed E-state index contributed by atoms with van der Waals surface area (Å²) in [6.07, 6.45) is 0. The first-order valence-corrected chi connectivity index (χ1v) is 6.09. The first-order chi connectivity index (χ1) is 9.56. The lowest BCUT2D eigenvalue weighted by Crippen LogP contribution is -2.20. The number of nitrogens with two attached hydrogens (primary N) is 1. The molecule has 0 aromatic heterocycles. The Morgan fingerprint density at radius 1 is 1.30 bits per heavy atom. The molecule has 0 unspecified atom stereocenters. The standard InChI is InChI=1S/C15H15FN2O2/c1-10-4-2-7-13(15(10)17)20-9-14(19)18-12-6-3-5-11(16)8-12/h2-8H,9,17H2,1H3,(H,18,19). The van der Waals surface area contributed by atoms with Crippen molar-refractivity contribution in [3.63, 3.8) is 0 Å². The smallest absolute Gasteiger partial charge is 0.262 e. The molecule has 0 spiro atoms. The summed E-state index contributed by atoms with van der Waals surface area (Å²) < 4.78 is 18.3. The number of ether oxygens (including phenoxy) is 1. The van der Waals surface area contributed by atoms with Crippen LogP contribution in [0, 0.1) is 12.7 Å². The number of amides is 1. The number of aryl methyl sites for hydroxylation is 1. The second-order valence-electron chi connectivity index (χ2n) is 4.33. The fraction of sp³-hybridized carbons (Fsp3) is 0.133. The van der Waals surface area contributed by atoms with Crippen LogP contribution in [0.25, 0.3) is 0 Å². The van der Waals surface area contributed by atoms with Crippen molar-refractivity contribution in [1.29, 1.82) is 0 Å². The van der Waals surface area contributed by atoms with Crippen LogP contribution in [0.5, 0.6) is 5.75 Å². The number of rotatable bonds is 4. The van der Waals surface area contributed by atoms with E-state index in [4.69, 9.17) is 10.5 Å². The highest BCUT2D eigenvalue weighted by molar-refractivity contribution is 5.91. The third kappa shape index (κ3) is 3.47. The molecule has 0 atom stereocenters. The van der Waals surface area contributed by atoms with Gasteiger partial charge in [-0.15, -0.1) is 0 Å². The zero-order valence-corrected chi connectivity index (χ0v) is 11.0. The summed E-state index contributed by atoms with van der Waals surface area (Å²) in [6, 6.07) is 11.0. The van der Waals surface area contributed by atoms with Gasteiger partial charge in [0.1, 0.15) is 11.6 Å². The van der Waals surface area contributed by atoms with Crippen molar-refractivity contribution in [2.75, 3.05) is 17.7 Å². The van der Waals surface area contributed by atoms with Crippen molar-refractivity contribution >= 4 is 17.3 Å². The topological polar surface area (TPSA) is 64.3 Å². The molecule has 0 bridgehead atoms. The van der Waals surface area contributed by atoms with E-state index in [1.54, 1.807) is 18.2 Å². The minimum absolute atomic E-state index is 0.190. The van der Waals surface area contributed by atoms with Crippen LogP contribution >= 0.6 is 0 Å². The van der Waals surface area contributed by atoms with E-state index in [9.17, 15) is 9.18 Å². The van der Waals surface area contributed by atoms with Gasteiger partial charge in [-0.3, -0.25) is 4.79 Å². The van der Waals surface area contributed by atoms with Crippen molar-refractivity contribution in [1.82, 2.24) is 0 Å². The van der Waals surface area contributed by atoms with E-state index < -0.39 is 5.82 Å². The summed E-state index contributed by atoms with van der Waals surface area (Å²) in [5.41, 5.74) is 7.61. The molecule has 2 aromatic carbocycles.